The van der Waals surface area contributed by atoms with Crippen molar-refractivity contribution < 1.29 is 4.74 Å². The standard InChI is InChI=1S/C21H19BrO/c1-2-3-11-23-13-16-8-7-15-12-19(22)18-6-4-5-14-9-10-17(16)21(15)20(14)18/h4-10,12H,2-3,11,13H2,1H3. The summed E-state index contributed by atoms with van der Waals surface area (Å²) in [6, 6.07) is 17.6. The van der Waals surface area contributed by atoms with Gasteiger partial charge in [0.1, 0.15) is 0 Å². The summed E-state index contributed by atoms with van der Waals surface area (Å²) in [6.07, 6.45) is 2.30. The van der Waals surface area contributed by atoms with E-state index in [0.717, 1.165) is 17.5 Å². The van der Waals surface area contributed by atoms with Crippen molar-refractivity contribution in [3.05, 3.63) is 58.6 Å². The molecule has 4 rings (SSSR count). The number of hydrogen-bond acceptors (Lipinski definition) is 1. The Bertz CT molecular complexity index is 974. The fourth-order valence-electron chi connectivity index (χ4n) is 3.40. The van der Waals surface area contributed by atoms with Crippen molar-refractivity contribution in [3.63, 3.8) is 0 Å². The van der Waals surface area contributed by atoms with Crippen molar-refractivity contribution in [2.75, 3.05) is 6.61 Å². The lowest BCUT2D eigenvalue weighted by molar-refractivity contribution is 0.119. The van der Waals surface area contributed by atoms with Crippen molar-refractivity contribution in [1.82, 2.24) is 0 Å². The largest absolute Gasteiger partial charge is 0.377 e. The Labute approximate surface area is 144 Å². The van der Waals surface area contributed by atoms with Gasteiger partial charge >= 0.3 is 0 Å². The molecule has 2 heteroatoms. The molecule has 0 amide bonds. The van der Waals surface area contributed by atoms with Gasteiger partial charge in [0.25, 0.3) is 0 Å². The summed E-state index contributed by atoms with van der Waals surface area (Å²) in [5.41, 5.74) is 1.28. The molecule has 0 atom stereocenters. The molecule has 0 saturated carbocycles. The second-order valence-corrected chi connectivity index (χ2v) is 6.96. The van der Waals surface area contributed by atoms with Gasteiger partial charge in [-0.3, -0.25) is 0 Å². The van der Waals surface area contributed by atoms with Crippen LogP contribution in [0.4, 0.5) is 0 Å². The van der Waals surface area contributed by atoms with Gasteiger partial charge in [0.2, 0.25) is 0 Å². The first-order chi connectivity index (χ1) is 11.3. The summed E-state index contributed by atoms with van der Waals surface area (Å²) in [5.74, 6) is 0. The average Bonchev–Trinajstić information content (AvgIpc) is 2.58. The first-order valence-electron chi connectivity index (χ1n) is 8.22. The molecule has 0 radical (unpaired) electrons. The molecule has 1 nitrogen and oxygen atoms in total. The van der Waals surface area contributed by atoms with E-state index in [1.807, 2.05) is 0 Å². The van der Waals surface area contributed by atoms with Crippen LogP contribution < -0.4 is 0 Å². The predicted octanol–water partition coefficient (Wildman–Crippen LogP) is 6.66. The Hall–Kier alpha value is -1.64. The van der Waals surface area contributed by atoms with Crippen molar-refractivity contribution in [2.24, 2.45) is 0 Å². The summed E-state index contributed by atoms with van der Waals surface area (Å²) in [6.45, 7) is 3.72. The monoisotopic (exact) mass is 366 g/mol. The number of halogens is 1. The van der Waals surface area contributed by atoms with E-state index in [4.69, 9.17) is 4.74 Å². The maximum Gasteiger partial charge on any atom is 0.0722 e. The van der Waals surface area contributed by atoms with Crippen LogP contribution in [0.15, 0.2) is 53.0 Å². The minimum Gasteiger partial charge on any atom is -0.377 e. The van der Waals surface area contributed by atoms with E-state index in [0.29, 0.717) is 6.61 Å². The molecule has 0 bridgehead atoms. The Kier molecular flexibility index (Phi) is 3.96. The molecule has 0 unspecified atom stereocenters. The number of hydrogen-bond donors (Lipinski definition) is 0. The van der Waals surface area contributed by atoms with Crippen molar-refractivity contribution in [2.45, 2.75) is 26.4 Å². The Morgan fingerprint density at radius 2 is 1.74 bits per heavy atom. The summed E-state index contributed by atoms with van der Waals surface area (Å²) >= 11 is 3.73. The number of unbranched alkanes of at least 4 members (excludes halogenated alkanes) is 1. The molecule has 0 aliphatic carbocycles. The molecule has 0 aliphatic heterocycles. The zero-order valence-electron chi connectivity index (χ0n) is 13.2. The smallest absolute Gasteiger partial charge is 0.0722 e. The molecular weight excluding hydrogens is 348 g/mol. The highest BCUT2D eigenvalue weighted by molar-refractivity contribution is 9.10. The highest BCUT2D eigenvalue weighted by atomic mass is 79.9. The van der Waals surface area contributed by atoms with Crippen LogP contribution in [0.25, 0.3) is 32.3 Å². The van der Waals surface area contributed by atoms with Crippen molar-refractivity contribution >= 4 is 48.2 Å². The van der Waals surface area contributed by atoms with Crippen LogP contribution in [0.2, 0.25) is 0 Å². The number of benzene rings is 4. The Morgan fingerprint density at radius 3 is 2.61 bits per heavy atom. The van der Waals surface area contributed by atoms with Gasteiger partial charge in [-0.05, 0) is 50.4 Å². The van der Waals surface area contributed by atoms with Crippen LogP contribution in [-0.4, -0.2) is 6.61 Å². The second-order valence-electron chi connectivity index (χ2n) is 6.10. The minimum absolute atomic E-state index is 0.690. The van der Waals surface area contributed by atoms with Gasteiger partial charge in [0.05, 0.1) is 6.61 Å². The minimum atomic E-state index is 0.690. The summed E-state index contributed by atoms with van der Waals surface area (Å²) in [5, 5.41) is 7.89. The van der Waals surface area contributed by atoms with E-state index in [1.165, 1.54) is 44.3 Å². The van der Waals surface area contributed by atoms with E-state index in [-0.39, 0.29) is 0 Å². The van der Waals surface area contributed by atoms with Crippen LogP contribution >= 0.6 is 15.9 Å². The lowest BCUT2D eigenvalue weighted by atomic mass is 9.92. The lowest BCUT2D eigenvalue weighted by Gasteiger charge is -2.15. The molecule has 0 saturated heterocycles. The predicted molar refractivity (Wildman–Crippen MR) is 102 cm³/mol. The lowest BCUT2D eigenvalue weighted by Crippen LogP contribution is -1.97. The van der Waals surface area contributed by atoms with Gasteiger partial charge in [-0.15, -0.1) is 0 Å². The quantitative estimate of drug-likeness (QED) is 0.283. The maximum absolute atomic E-state index is 5.86. The summed E-state index contributed by atoms with van der Waals surface area (Å²) in [7, 11) is 0. The van der Waals surface area contributed by atoms with Crippen LogP contribution in [0, 0.1) is 0 Å². The molecule has 4 aromatic carbocycles. The normalized spacial score (nSPS) is 11.9. The van der Waals surface area contributed by atoms with E-state index in [9.17, 15) is 0 Å². The van der Waals surface area contributed by atoms with Gasteiger partial charge < -0.3 is 4.74 Å². The molecule has 0 heterocycles. The van der Waals surface area contributed by atoms with Gasteiger partial charge in [-0.1, -0.05) is 71.7 Å². The van der Waals surface area contributed by atoms with E-state index >= 15 is 0 Å². The van der Waals surface area contributed by atoms with E-state index in [1.54, 1.807) is 0 Å². The topological polar surface area (TPSA) is 9.23 Å². The first-order valence-corrected chi connectivity index (χ1v) is 9.01. The van der Waals surface area contributed by atoms with Crippen LogP contribution in [0.5, 0.6) is 0 Å². The highest BCUT2D eigenvalue weighted by Gasteiger charge is 2.12. The molecule has 0 aliphatic rings. The molecule has 0 N–H and O–H groups in total. The van der Waals surface area contributed by atoms with Crippen LogP contribution in [-0.2, 0) is 11.3 Å². The van der Waals surface area contributed by atoms with Crippen molar-refractivity contribution in [1.29, 1.82) is 0 Å². The van der Waals surface area contributed by atoms with Crippen molar-refractivity contribution in [3.8, 4) is 0 Å². The van der Waals surface area contributed by atoms with Gasteiger partial charge in [-0.2, -0.15) is 0 Å². The number of ether oxygens (including phenoxy) is 1. The highest BCUT2D eigenvalue weighted by Crippen LogP contribution is 2.39. The zero-order chi connectivity index (χ0) is 15.8. The third-order valence-electron chi connectivity index (χ3n) is 4.58. The molecule has 0 aromatic heterocycles. The second kappa shape index (κ2) is 6.10. The van der Waals surface area contributed by atoms with Crippen LogP contribution in [0.1, 0.15) is 25.3 Å². The van der Waals surface area contributed by atoms with E-state index < -0.39 is 0 Å². The molecule has 0 fully saturated rings. The van der Waals surface area contributed by atoms with E-state index in [2.05, 4.69) is 71.4 Å². The Morgan fingerprint density at radius 1 is 0.913 bits per heavy atom. The van der Waals surface area contributed by atoms with Gasteiger partial charge in [0, 0.05) is 11.1 Å². The summed E-state index contributed by atoms with van der Waals surface area (Å²) in [4.78, 5) is 0. The number of rotatable bonds is 5. The Balaban J connectivity index is 1.92. The summed E-state index contributed by atoms with van der Waals surface area (Å²) < 4.78 is 7.03. The third-order valence-corrected chi connectivity index (χ3v) is 5.24. The molecule has 4 aromatic rings. The van der Waals surface area contributed by atoms with Gasteiger partial charge in [-0.25, -0.2) is 0 Å². The fraction of sp³-hybridized carbons (Fsp3) is 0.238. The molecule has 0 spiro atoms. The SMILES string of the molecule is CCCCOCc1ccc2cc(Br)c3cccc4ccc1c2c43. The maximum atomic E-state index is 5.86. The van der Waals surface area contributed by atoms with Crippen LogP contribution in [0.3, 0.4) is 0 Å². The molecule has 116 valence electrons. The fourth-order valence-corrected chi connectivity index (χ4v) is 3.98. The molecule has 23 heavy (non-hydrogen) atoms. The average molecular weight is 367 g/mol. The third kappa shape index (κ3) is 2.50. The van der Waals surface area contributed by atoms with Gasteiger partial charge in [0.15, 0.2) is 0 Å². The first kappa shape index (κ1) is 14.9. The molecular formula is C21H19BrO. The zero-order valence-corrected chi connectivity index (χ0v) is 14.8.